The molecule has 106 valence electrons. The van der Waals surface area contributed by atoms with Gasteiger partial charge in [0.05, 0.1) is 5.39 Å². The zero-order valence-electron chi connectivity index (χ0n) is 11.9. The Balaban J connectivity index is 1.80. The van der Waals surface area contributed by atoms with E-state index in [9.17, 15) is 0 Å². The van der Waals surface area contributed by atoms with Gasteiger partial charge in [0.25, 0.3) is 0 Å². The van der Waals surface area contributed by atoms with Gasteiger partial charge in [0, 0.05) is 12.6 Å². The number of aromatic nitrogens is 3. The maximum Gasteiger partial charge on any atom is 0.166 e. The highest BCUT2D eigenvalue weighted by Gasteiger charge is 2.32. The van der Waals surface area contributed by atoms with Gasteiger partial charge in [-0.05, 0) is 45.0 Å². The molecule has 20 heavy (non-hydrogen) atoms. The second kappa shape index (κ2) is 5.20. The van der Waals surface area contributed by atoms with Crippen molar-refractivity contribution in [2.24, 2.45) is 5.92 Å². The molecule has 2 aromatic rings. The Kier molecular flexibility index (Phi) is 3.40. The van der Waals surface area contributed by atoms with E-state index in [2.05, 4.69) is 39.3 Å². The minimum atomic E-state index is 0.478. The van der Waals surface area contributed by atoms with Crippen LogP contribution < -0.4 is 11.1 Å². The second-order valence-corrected chi connectivity index (χ2v) is 5.58. The lowest BCUT2D eigenvalue weighted by atomic mass is 10.1. The van der Waals surface area contributed by atoms with Gasteiger partial charge < -0.3 is 16.0 Å². The number of likely N-dealkylation sites (N-methyl/N-ethyl adjacent to an activating group) is 1. The van der Waals surface area contributed by atoms with E-state index in [1.165, 1.54) is 19.2 Å². The molecule has 0 aliphatic heterocycles. The molecule has 0 radical (unpaired) electrons. The Morgan fingerprint density at radius 1 is 1.35 bits per heavy atom. The Morgan fingerprint density at radius 2 is 2.15 bits per heavy atom. The lowest BCUT2D eigenvalue weighted by Gasteiger charge is -2.24. The summed E-state index contributed by atoms with van der Waals surface area (Å²) in [6, 6.07) is 4.24. The fourth-order valence-corrected chi connectivity index (χ4v) is 2.55. The van der Waals surface area contributed by atoms with E-state index >= 15 is 0 Å². The molecule has 0 saturated heterocycles. The zero-order chi connectivity index (χ0) is 14.1. The van der Waals surface area contributed by atoms with Gasteiger partial charge in [-0.2, -0.15) is 0 Å². The van der Waals surface area contributed by atoms with Crippen LogP contribution >= 0.6 is 0 Å². The molecular weight excluding hydrogens is 252 g/mol. The predicted molar refractivity (Wildman–Crippen MR) is 80.4 cm³/mol. The minimum absolute atomic E-state index is 0.478. The van der Waals surface area contributed by atoms with Crippen molar-refractivity contribution in [2.45, 2.75) is 18.9 Å². The van der Waals surface area contributed by atoms with E-state index in [1.807, 2.05) is 6.07 Å². The molecule has 6 nitrogen and oxygen atoms in total. The molecule has 2 aromatic heterocycles. The molecule has 0 aromatic carbocycles. The number of pyridine rings is 1. The molecule has 0 amide bonds. The van der Waals surface area contributed by atoms with Crippen molar-refractivity contribution < 1.29 is 0 Å². The maximum absolute atomic E-state index is 5.69. The fourth-order valence-electron chi connectivity index (χ4n) is 2.55. The first-order valence-corrected chi connectivity index (χ1v) is 6.92. The molecule has 1 unspecified atom stereocenters. The van der Waals surface area contributed by atoms with Crippen LogP contribution in [0.1, 0.15) is 12.8 Å². The fraction of sp³-hybridized carbons (Fsp3) is 0.500. The van der Waals surface area contributed by atoms with Crippen molar-refractivity contribution in [3.05, 3.63) is 18.5 Å². The lowest BCUT2D eigenvalue weighted by Crippen LogP contribution is -2.36. The van der Waals surface area contributed by atoms with Crippen LogP contribution in [0.2, 0.25) is 0 Å². The summed E-state index contributed by atoms with van der Waals surface area (Å²) in [5.74, 6) is 2.11. The van der Waals surface area contributed by atoms with Crippen LogP contribution in [0.15, 0.2) is 18.5 Å². The van der Waals surface area contributed by atoms with Gasteiger partial charge in [0.1, 0.15) is 18.0 Å². The molecule has 1 aliphatic rings. The van der Waals surface area contributed by atoms with Gasteiger partial charge >= 0.3 is 0 Å². The van der Waals surface area contributed by atoms with Gasteiger partial charge in [-0.15, -0.1) is 0 Å². The average Bonchev–Trinajstić information content (AvgIpc) is 3.23. The second-order valence-electron chi connectivity index (χ2n) is 5.58. The zero-order valence-corrected chi connectivity index (χ0v) is 11.9. The lowest BCUT2D eigenvalue weighted by molar-refractivity contribution is 0.276. The van der Waals surface area contributed by atoms with E-state index in [0.717, 1.165) is 23.7 Å². The molecular formula is C14H20N6. The molecule has 3 N–H and O–H groups in total. The first kappa shape index (κ1) is 13.1. The van der Waals surface area contributed by atoms with E-state index in [-0.39, 0.29) is 0 Å². The number of nitrogens with two attached hydrogens (primary N) is 1. The molecule has 3 rings (SSSR count). The van der Waals surface area contributed by atoms with E-state index in [0.29, 0.717) is 17.5 Å². The third-order valence-electron chi connectivity index (χ3n) is 3.83. The number of nitrogens with one attached hydrogen (secondary N) is 1. The van der Waals surface area contributed by atoms with Crippen LogP contribution in [-0.4, -0.2) is 46.5 Å². The number of hydrogen-bond acceptors (Lipinski definition) is 6. The summed E-state index contributed by atoms with van der Waals surface area (Å²) in [7, 11) is 4.26. The monoisotopic (exact) mass is 272 g/mol. The summed E-state index contributed by atoms with van der Waals surface area (Å²) in [6.45, 7) is 0.883. The Labute approximate surface area is 118 Å². The first-order chi connectivity index (χ1) is 9.65. The Morgan fingerprint density at radius 3 is 2.85 bits per heavy atom. The highest BCUT2D eigenvalue weighted by atomic mass is 15.1. The third kappa shape index (κ3) is 2.65. The Hall–Kier alpha value is -1.95. The van der Waals surface area contributed by atoms with Crippen LogP contribution in [0, 0.1) is 5.92 Å². The van der Waals surface area contributed by atoms with E-state index in [4.69, 9.17) is 5.73 Å². The smallest absolute Gasteiger partial charge is 0.166 e. The molecule has 6 heteroatoms. The highest BCUT2D eigenvalue weighted by Crippen LogP contribution is 2.34. The number of fused-ring (bicyclic) bond motifs is 1. The van der Waals surface area contributed by atoms with Crippen LogP contribution in [0.4, 0.5) is 11.6 Å². The summed E-state index contributed by atoms with van der Waals surface area (Å²) in [4.78, 5) is 15.0. The first-order valence-electron chi connectivity index (χ1n) is 6.92. The maximum atomic E-state index is 5.69. The summed E-state index contributed by atoms with van der Waals surface area (Å²) in [5, 5.41) is 4.35. The quantitative estimate of drug-likeness (QED) is 0.855. The predicted octanol–water partition coefficient (Wildman–Crippen LogP) is 1.36. The highest BCUT2D eigenvalue weighted by molar-refractivity contribution is 5.87. The third-order valence-corrected chi connectivity index (χ3v) is 3.83. The standard InChI is InChI=1S/C14H20N6/c1-20(2)11(9-3-4-9)7-16-13-10-5-6-12(15)19-14(10)18-8-17-13/h5-6,8-9,11H,3-4,7H2,1-2H3,(H3,15,16,17,18,19). The molecule has 1 atom stereocenters. The summed E-state index contributed by atoms with van der Waals surface area (Å²) in [6.07, 6.45) is 4.18. The summed E-state index contributed by atoms with van der Waals surface area (Å²) < 4.78 is 0. The molecule has 0 spiro atoms. The Bertz CT molecular complexity index is 606. The summed E-state index contributed by atoms with van der Waals surface area (Å²) >= 11 is 0. The van der Waals surface area contributed by atoms with E-state index in [1.54, 1.807) is 6.07 Å². The molecule has 1 saturated carbocycles. The van der Waals surface area contributed by atoms with E-state index < -0.39 is 0 Å². The number of nitrogen functional groups attached to an aromatic ring is 1. The molecule has 1 fully saturated rings. The van der Waals surface area contributed by atoms with Gasteiger partial charge in [-0.25, -0.2) is 15.0 Å². The molecule has 1 aliphatic carbocycles. The number of hydrogen-bond donors (Lipinski definition) is 2. The van der Waals surface area contributed by atoms with Crippen molar-refractivity contribution in [1.29, 1.82) is 0 Å². The van der Waals surface area contributed by atoms with Crippen molar-refractivity contribution in [3.63, 3.8) is 0 Å². The summed E-state index contributed by atoms with van der Waals surface area (Å²) in [5.41, 5.74) is 6.32. The SMILES string of the molecule is CN(C)C(CNc1ncnc2nc(N)ccc12)C1CC1. The number of nitrogens with zero attached hydrogens (tertiary/aromatic N) is 4. The number of anilines is 2. The van der Waals surface area contributed by atoms with Crippen molar-refractivity contribution in [3.8, 4) is 0 Å². The largest absolute Gasteiger partial charge is 0.384 e. The van der Waals surface area contributed by atoms with Gasteiger partial charge in [-0.3, -0.25) is 0 Å². The molecule has 0 bridgehead atoms. The van der Waals surface area contributed by atoms with Gasteiger partial charge in [0.15, 0.2) is 5.65 Å². The van der Waals surface area contributed by atoms with Gasteiger partial charge in [0.2, 0.25) is 0 Å². The normalized spacial score (nSPS) is 16.6. The van der Waals surface area contributed by atoms with Crippen molar-refractivity contribution >= 4 is 22.7 Å². The molecule has 2 heterocycles. The topological polar surface area (TPSA) is 80.0 Å². The van der Waals surface area contributed by atoms with Crippen LogP contribution in [0.3, 0.4) is 0 Å². The van der Waals surface area contributed by atoms with Crippen LogP contribution in [0.25, 0.3) is 11.0 Å². The van der Waals surface area contributed by atoms with Crippen LogP contribution in [0.5, 0.6) is 0 Å². The van der Waals surface area contributed by atoms with Gasteiger partial charge in [-0.1, -0.05) is 0 Å². The van der Waals surface area contributed by atoms with Crippen molar-refractivity contribution in [2.75, 3.05) is 31.7 Å². The van der Waals surface area contributed by atoms with Crippen molar-refractivity contribution in [1.82, 2.24) is 19.9 Å². The van der Waals surface area contributed by atoms with Crippen LogP contribution in [-0.2, 0) is 0 Å². The minimum Gasteiger partial charge on any atom is -0.384 e. The average molecular weight is 272 g/mol. The number of rotatable bonds is 5.